The van der Waals surface area contributed by atoms with Crippen LogP contribution in [0, 0.1) is 5.41 Å². The van der Waals surface area contributed by atoms with Crippen molar-refractivity contribution < 1.29 is 19.4 Å². The van der Waals surface area contributed by atoms with Gasteiger partial charge in [-0.25, -0.2) is 4.98 Å². The third-order valence-corrected chi connectivity index (χ3v) is 5.09. The van der Waals surface area contributed by atoms with Crippen LogP contribution in [0.5, 0.6) is 0 Å². The summed E-state index contributed by atoms with van der Waals surface area (Å²) in [4.78, 5) is 30.5. The molecule has 1 aliphatic heterocycles. The first-order valence-corrected chi connectivity index (χ1v) is 10.1. The Hall–Kier alpha value is -2.71. The van der Waals surface area contributed by atoms with Crippen LogP contribution in [0.1, 0.15) is 44.7 Å². The SMILES string of the molecule is Cn1ccnc1CN1C(=O)CO[C@H](c2ccc(NC(=O)CC(C)(C)C)cc2)[C@H]1CO. The molecule has 1 saturated heterocycles. The zero-order valence-corrected chi connectivity index (χ0v) is 18.0. The van der Waals surface area contributed by atoms with E-state index in [1.54, 1.807) is 11.1 Å². The van der Waals surface area contributed by atoms with Crippen molar-refractivity contribution in [2.45, 2.75) is 45.9 Å². The van der Waals surface area contributed by atoms with E-state index in [0.717, 1.165) is 11.4 Å². The molecule has 1 aliphatic rings. The number of rotatable bonds is 6. The molecule has 0 spiro atoms. The molecular weight excluding hydrogens is 384 g/mol. The first-order chi connectivity index (χ1) is 14.2. The standard InChI is InChI=1S/C22H30N4O4/c1-22(2,3)11-19(28)24-16-7-5-15(6-8-16)21-17(13-27)26(20(29)14-30-21)12-18-23-9-10-25(18)4/h5-10,17,21,27H,11-14H2,1-4H3,(H,24,28)/t17-,21-/m1/s1. The van der Waals surface area contributed by atoms with E-state index in [-0.39, 0.29) is 30.4 Å². The van der Waals surface area contributed by atoms with Crippen LogP contribution in [0.3, 0.4) is 0 Å². The fraction of sp³-hybridized carbons (Fsp3) is 0.500. The number of benzene rings is 1. The van der Waals surface area contributed by atoms with Crippen molar-refractivity contribution in [3.05, 3.63) is 48.0 Å². The highest BCUT2D eigenvalue weighted by molar-refractivity contribution is 5.91. The van der Waals surface area contributed by atoms with E-state index < -0.39 is 12.1 Å². The Balaban J connectivity index is 1.73. The smallest absolute Gasteiger partial charge is 0.249 e. The zero-order valence-electron chi connectivity index (χ0n) is 18.0. The average molecular weight is 415 g/mol. The molecule has 30 heavy (non-hydrogen) atoms. The van der Waals surface area contributed by atoms with Crippen molar-refractivity contribution >= 4 is 17.5 Å². The molecule has 0 radical (unpaired) electrons. The van der Waals surface area contributed by atoms with Crippen molar-refractivity contribution in [3.8, 4) is 0 Å². The number of ether oxygens (including phenoxy) is 1. The molecule has 1 aromatic carbocycles. The Kier molecular flexibility index (Phi) is 6.58. The molecule has 2 aromatic rings. The van der Waals surface area contributed by atoms with E-state index in [1.165, 1.54) is 0 Å². The maximum absolute atomic E-state index is 12.5. The van der Waals surface area contributed by atoms with E-state index in [1.807, 2.05) is 62.8 Å². The summed E-state index contributed by atoms with van der Waals surface area (Å²) in [6.07, 6.45) is 3.46. The minimum absolute atomic E-state index is 0.0377. The number of hydrogen-bond acceptors (Lipinski definition) is 5. The number of aromatic nitrogens is 2. The van der Waals surface area contributed by atoms with Crippen molar-refractivity contribution in [2.24, 2.45) is 12.5 Å². The number of nitrogens with one attached hydrogen (secondary N) is 1. The number of carbonyl (C=O) groups is 2. The molecule has 2 amide bonds. The third-order valence-electron chi connectivity index (χ3n) is 5.09. The van der Waals surface area contributed by atoms with Gasteiger partial charge < -0.3 is 24.6 Å². The van der Waals surface area contributed by atoms with E-state index in [9.17, 15) is 14.7 Å². The number of nitrogens with zero attached hydrogens (tertiary/aromatic N) is 3. The first-order valence-electron chi connectivity index (χ1n) is 10.1. The predicted octanol–water partition coefficient (Wildman–Crippen LogP) is 2.26. The minimum Gasteiger partial charge on any atom is -0.394 e. The number of hydrogen-bond donors (Lipinski definition) is 2. The summed E-state index contributed by atoms with van der Waals surface area (Å²) in [5, 5.41) is 12.9. The summed E-state index contributed by atoms with van der Waals surface area (Å²) < 4.78 is 7.63. The maximum atomic E-state index is 12.5. The van der Waals surface area contributed by atoms with Gasteiger partial charge in [0, 0.05) is 31.5 Å². The minimum atomic E-state index is -0.524. The summed E-state index contributed by atoms with van der Waals surface area (Å²) in [6.45, 7) is 6.06. The molecule has 2 heterocycles. The lowest BCUT2D eigenvalue weighted by Gasteiger charge is -2.40. The normalized spacial score (nSPS) is 19.8. The summed E-state index contributed by atoms with van der Waals surface area (Å²) in [5.74, 6) is 0.517. The van der Waals surface area contributed by atoms with Gasteiger partial charge in [-0.3, -0.25) is 9.59 Å². The Labute approximate surface area is 176 Å². The van der Waals surface area contributed by atoms with E-state index in [4.69, 9.17) is 4.74 Å². The molecule has 0 bridgehead atoms. The molecule has 8 heteroatoms. The lowest BCUT2D eigenvalue weighted by molar-refractivity contribution is -0.162. The highest BCUT2D eigenvalue weighted by atomic mass is 16.5. The Bertz CT molecular complexity index is 885. The predicted molar refractivity (Wildman–Crippen MR) is 112 cm³/mol. The fourth-order valence-electron chi connectivity index (χ4n) is 3.57. The number of morpholine rings is 1. The van der Waals surface area contributed by atoms with Crippen molar-refractivity contribution in [3.63, 3.8) is 0 Å². The molecule has 3 rings (SSSR count). The molecule has 2 atom stereocenters. The third kappa shape index (κ3) is 5.25. The van der Waals surface area contributed by atoms with Gasteiger partial charge in [-0.15, -0.1) is 0 Å². The summed E-state index contributed by atoms with van der Waals surface area (Å²) in [7, 11) is 1.87. The van der Waals surface area contributed by atoms with Gasteiger partial charge in [-0.2, -0.15) is 0 Å². The van der Waals surface area contributed by atoms with E-state index in [2.05, 4.69) is 10.3 Å². The Morgan fingerprint density at radius 2 is 2.00 bits per heavy atom. The summed E-state index contributed by atoms with van der Waals surface area (Å²) in [6, 6.07) is 6.81. The highest BCUT2D eigenvalue weighted by Gasteiger charge is 2.37. The van der Waals surface area contributed by atoms with Gasteiger partial charge in [0.05, 0.1) is 19.2 Å². The van der Waals surface area contributed by atoms with Gasteiger partial charge in [-0.05, 0) is 23.1 Å². The molecule has 1 aromatic heterocycles. The van der Waals surface area contributed by atoms with Crippen molar-refractivity contribution in [1.82, 2.24) is 14.5 Å². The average Bonchev–Trinajstić information content (AvgIpc) is 3.07. The number of aliphatic hydroxyl groups is 1. The number of amides is 2. The fourth-order valence-corrected chi connectivity index (χ4v) is 3.57. The van der Waals surface area contributed by atoms with Gasteiger partial charge in [-0.1, -0.05) is 32.9 Å². The number of anilines is 1. The number of aliphatic hydroxyl groups excluding tert-OH is 1. The Morgan fingerprint density at radius 3 is 2.57 bits per heavy atom. The van der Waals surface area contributed by atoms with Gasteiger partial charge in [0.25, 0.3) is 0 Å². The van der Waals surface area contributed by atoms with Crippen LogP contribution in [-0.2, 0) is 27.9 Å². The molecule has 0 aliphatic carbocycles. The highest BCUT2D eigenvalue weighted by Crippen LogP contribution is 2.31. The Morgan fingerprint density at radius 1 is 1.30 bits per heavy atom. The molecule has 1 fully saturated rings. The molecule has 2 N–H and O–H groups in total. The number of aryl methyl sites for hydroxylation is 1. The maximum Gasteiger partial charge on any atom is 0.249 e. The molecule has 162 valence electrons. The zero-order chi connectivity index (χ0) is 21.9. The van der Waals surface area contributed by atoms with Crippen molar-refractivity contribution in [1.29, 1.82) is 0 Å². The largest absolute Gasteiger partial charge is 0.394 e. The van der Waals surface area contributed by atoms with Crippen LogP contribution in [0.2, 0.25) is 0 Å². The van der Waals surface area contributed by atoms with Crippen LogP contribution in [0.15, 0.2) is 36.7 Å². The lowest BCUT2D eigenvalue weighted by atomic mass is 9.92. The molecule has 8 nitrogen and oxygen atoms in total. The van der Waals surface area contributed by atoms with E-state index >= 15 is 0 Å². The van der Waals surface area contributed by atoms with Crippen LogP contribution in [0.4, 0.5) is 5.69 Å². The second kappa shape index (κ2) is 8.97. The van der Waals surface area contributed by atoms with Crippen LogP contribution in [-0.4, -0.2) is 50.6 Å². The molecule has 0 saturated carbocycles. The topological polar surface area (TPSA) is 96.7 Å². The summed E-state index contributed by atoms with van der Waals surface area (Å²) in [5.41, 5.74) is 1.45. The molecular formula is C22H30N4O4. The molecule has 0 unspecified atom stereocenters. The quantitative estimate of drug-likeness (QED) is 0.756. The van der Waals surface area contributed by atoms with Gasteiger partial charge in [0.1, 0.15) is 18.5 Å². The second-order valence-corrected chi connectivity index (χ2v) is 8.87. The lowest BCUT2D eigenvalue weighted by Crippen LogP contribution is -2.52. The van der Waals surface area contributed by atoms with Crippen LogP contribution >= 0.6 is 0 Å². The van der Waals surface area contributed by atoms with Crippen LogP contribution in [0.25, 0.3) is 0 Å². The number of imidazole rings is 1. The number of carbonyl (C=O) groups excluding carboxylic acids is 2. The van der Waals surface area contributed by atoms with Gasteiger partial charge in [0.2, 0.25) is 11.8 Å². The van der Waals surface area contributed by atoms with Crippen molar-refractivity contribution in [2.75, 3.05) is 18.5 Å². The van der Waals surface area contributed by atoms with Gasteiger partial charge >= 0.3 is 0 Å². The monoisotopic (exact) mass is 414 g/mol. The van der Waals surface area contributed by atoms with Crippen LogP contribution < -0.4 is 5.32 Å². The van der Waals surface area contributed by atoms with E-state index in [0.29, 0.717) is 18.7 Å². The second-order valence-electron chi connectivity index (χ2n) is 8.87. The van der Waals surface area contributed by atoms with Gasteiger partial charge in [0.15, 0.2) is 0 Å². The summed E-state index contributed by atoms with van der Waals surface area (Å²) >= 11 is 0. The first kappa shape index (κ1) is 22.0.